The van der Waals surface area contributed by atoms with E-state index in [1.54, 1.807) is 43.3 Å². The summed E-state index contributed by atoms with van der Waals surface area (Å²) in [6.07, 6.45) is 0. The van der Waals surface area contributed by atoms with Crippen LogP contribution in [0.4, 0.5) is 0 Å². The van der Waals surface area contributed by atoms with Crippen LogP contribution in [0.5, 0.6) is 0 Å². The van der Waals surface area contributed by atoms with Crippen LogP contribution in [-0.2, 0) is 27.4 Å². The summed E-state index contributed by atoms with van der Waals surface area (Å²) < 4.78 is 12.6. The molecule has 3 aromatic rings. The maximum atomic E-state index is 12.9. The molecule has 1 atom stereocenters. The number of carbonyl (C=O) groups excluding carboxylic acids is 3. The summed E-state index contributed by atoms with van der Waals surface area (Å²) in [6.45, 7) is 4.58. The summed E-state index contributed by atoms with van der Waals surface area (Å²) in [5.74, 6) is 0.308. The number of thioether (sulfide) groups is 1. The van der Waals surface area contributed by atoms with Crippen molar-refractivity contribution >= 4 is 52.2 Å². The van der Waals surface area contributed by atoms with Gasteiger partial charge in [-0.15, -0.1) is 11.8 Å². The standard InChI is InChI=1S/C24H24ClN3O5S/c1-3-27-19-10-7-16(23(30)32-4-2)11-18(19)26-21(27)12-33-24(31)20-13-34-14-28(20)22(29)15-5-8-17(25)9-6-15/h5-11,20H,3-4,12-14H2,1-2H3. The van der Waals surface area contributed by atoms with Gasteiger partial charge in [-0.2, -0.15) is 0 Å². The van der Waals surface area contributed by atoms with Gasteiger partial charge in [-0.05, 0) is 56.3 Å². The molecule has 1 amide bonds. The molecule has 8 nitrogen and oxygen atoms in total. The van der Waals surface area contributed by atoms with E-state index >= 15 is 0 Å². The van der Waals surface area contributed by atoms with Gasteiger partial charge < -0.3 is 18.9 Å². The Morgan fingerprint density at radius 1 is 1.09 bits per heavy atom. The number of ether oxygens (including phenoxy) is 2. The maximum absolute atomic E-state index is 12.9. The fourth-order valence-electron chi connectivity index (χ4n) is 3.81. The first kappa shape index (κ1) is 24.1. The van der Waals surface area contributed by atoms with Crippen LogP contribution in [0.2, 0.25) is 5.02 Å². The van der Waals surface area contributed by atoms with Gasteiger partial charge in [-0.1, -0.05) is 11.6 Å². The van der Waals surface area contributed by atoms with Crippen molar-refractivity contribution < 1.29 is 23.9 Å². The Bertz CT molecular complexity index is 1230. The Kier molecular flexibility index (Phi) is 7.43. The van der Waals surface area contributed by atoms with E-state index in [-0.39, 0.29) is 12.5 Å². The number of rotatable bonds is 7. The van der Waals surface area contributed by atoms with E-state index in [0.717, 1.165) is 5.52 Å². The van der Waals surface area contributed by atoms with Gasteiger partial charge in [-0.25, -0.2) is 14.6 Å². The molecule has 4 rings (SSSR count). The Labute approximate surface area is 206 Å². The Balaban J connectivity index is 1.48. The highest BCUT2D eigenvalue weighted by molar-refractivity contribution is 7.99. The maximum Gasteiger partial charge on any atom is 0.338 e. The smallest absolute Gasteiger partial charge is 0.338 e. The monoisotopic (exact) mass is 501 g/mol. The van der Waals surface area contributed by atoms with Crippen LogP contribution in [0.3, 0.4) is 0 Å². The highest BCUT2D eigenvalue weighted by Crippen LogP contribution is 2.25. The first-order chi connectivity index (χ1) is 16.4. The third kappa shape index (κ3) is 4.90. The minimum absolute atomic E-state index is 0.0414. The number of carbonyl (C=O) groups is 3. The molecular formula is C24H24ClN3O5S. The normalized spacial score (nSPS) is 15.5. The molecule has 0 bridgehead atoms. The molecule has 1 unspecified atom stereocenters. The van der Waals surface area contributed by atoms with Crippen LogP contribution < -0.4 is 0 Å². The van der Waals surface area contributed by atoms with Crippen LogP contribution >= 0.6 is 23.4 Å². The van der Waals surface area contributed by atoms with E-state index in [2.05, 4.69) is 4.98 Å². The zero-order chi connectivity index (χ0) is 24.2. The first-order valence-electron chi connectivity index (χ1n) is 10.9. The van der Waals surface area contributed by atoms with E-state index in [1.807, 2.05) is 17.6 Å². The van der Waals surface area contributed by atoms with Gasteiger partial charge in [0, 0.05) is 22.9 Å². The SMILES string of the molecule is CCOC(=O)c1ccc2c(c1)nc(COC(=O)C1CSCN1C(=O)c1ccc(Cl)cc1)n2CC. The number of amides is 1. The summed E-state index contributed by atoms with van der Waals surface area (Å²) in [5, 5.41) is 0.538. The highest BCUT2D eigenvalue weighted by Gasteiger charge is 2.36. The molecule has 0 radical (unpaired) electrons. The second-order valence-electron chi connectivity index (χ2n) is 7.60. The molecule has 0 aliphatic carbocycles. The van der Waals surface area contributed by atoms with E-state index in [4.69, 9.17) is 21.1 Å². The third-order valence-electron chi connectivity index (χ3n) is 5.50. The number of benzene rings is 2. The minimum atomic E-state index is -0.678. The first-order valence-corrected chi connectivity index (χ1v) is 12.4. The summed E-state index contributed by atoms with van der Waals surface area (Å²) in [6, 6.07) is 11.1. The lowest BCUT2D eigenvalue weighted by Crippen LogP contribution is -2.42. The third-order valence-corrected chi connectivity index (χ3v) is 6.77. The molecule has 1 fully saturated rings. The Morgan fingerprint density at radius 2 is 1.82 bits per heavy atom. The quantitative estimate of drug-likeness (QED) is 0.449. The van der Waals surface area contributed by atoms with Crippen molar-refractivity contribution in [2.24, 2.45) is 0 Å². The molecule has 0 saturated carbocycles. The summed E-state index contributed by atoms with van der Waals surface area (Å²) in [5.41, 5.74) is 2.33. The van der Waals surface area contributed by atoms with Crippen molar-refractivity contribution in [3.05, 3.63) is 64.4 Å². The number of aryl methyl sites for hydroxylation is 1. The van der Waals surface area contributed by atoms with Gasteiger partial charge >= 0.3 is 11.9 Å². The Morgan fingerprint density at radius 3 is 2.53 bits per heavy atom. The number of hydrogen-bond donors (Lipinski definition) is 0. The van der Waals surface area contributed by atoms with Crippen molar-refractivity contribution in [1.82, 2.24) is 14.5 Å². The van der Waals surface area contributed by atoms with Crippen LogP contribution in [0.15, 0.2) is 42.5 Å². The van der Waals surface area contributed by atoms with E-state index < -0.39 is 18.0 Å². The fraction of sp³-hybridized carbons (Fsp3) is 0.333. The second kappa shape index (κ2) is 10.5. The Hall–Kier alpha value is -3.04. The largest absolute Gasteiger partial charge is 0.462 e. The van der Waals surface area contributed by atoms with Crippen molar-refractivity contribution in [2.45, 2.75) is 33.0 Å². The predicted molar refractivity (Wildman–Crippen MR) is 130 cm³/mol. The molecule has 178 valence electrons. The predicted octanol–water partition coefficient (Wildman–Crippen LogP) is 4.14. The van der Waals surface area contributed by atoms with Crippen molar-refractivity contribution in [1.29, 1.82) is 0 Å². The number of hydrogen-bond acceptors (Lipinski definition) is 7. The number of aromatic nitrogens is 2. The molecule has 10 heteroatoms. The lowest BCUT2D eigenvalue weighted by molar-refractivity contribution is -0.149. The van der Waals surface area contributed by atoms with Gasteiger partial charge in [0.2, 0.25) is 0 Å². The lowest BCUT2D eigenvalue weighted by atomic mass is 10.2. The van der Waals surface area contributed by atoms with Gasteiger partial charge in [0.1, 0.15) is 18.5 Å². The molecule has 2 heterocycles. The molecule has 0 spiro atoms. The molecule has 1 aliphatic heterocycles. The lowest BCUT2D eigenvalue weighted by Gasteiger charge is -2.22. The molecule has 34 heavy (non-hydrogen) atoms. The minimum Gasteiger partial charge on any atom is -0.462 e. The number of fused-ring (bicyclic) bond motifs is 1. The zero-order valence-electron chi connectivity index (χ0n) is 18.8. The topological polar surface area (TPSA) is 90.7 Å². The van der Waals surface area contributed by atoms with E-state index in [9.17, 15) is 14.4 Å². The van der Waals surface area contributed by atoms with E-state index in [0.29, 0.717) is 52.3 Å². The van der Waals surface area contributed by atoms with E-state index in [1.165, 1.54) is 16.7 Å². The molecule has 0 N–H and O–H groups in total. The van der Waals surface area contributed by atoms with Gasteiger partial charge in [0.05, 0.1) is 29.1 Å². The van der Waals surface area contributed by atoms with Crippen molar-refractivity contribution in [3.63, 3.8) is 0 Å². The average Bonchev–Trinajstić information content (AvgIpc) is 3.47. The highest BCUT2D eigenvalue weighted by atomic mass is 35.5. The number of esters is 2. The summed E-state index contributed by atoms with van der Waals surface area (Å²) in [4.78, 5) is 43.9. The zero-order valence-corrected chi connectivity index (χ0v) is 20.4. The van der Waals surface area contributed by atoms with Crippen LogP contribution in [0.1, 0.15) is 40.4 Å². The number of halogens is 1. The molecular weight excluding hydrogens is 478 g/mol. The summed E-state index contributed by atoms with van der Waals surface area (Å²) >= 11 is 7.41. The van der Waals surface area contributed by atoms with Crippen molar-refractivity contribution in [3.8, 4) is 0 Å². The molecule has 1 aromatic heterocycles. The number of imidazole rings is 1. The van der Waals surface area contributed by atoms with Crippen LogP contribution in [0.25, 0.3) is 11.0 Å². The average molecular weight is 502 g/mol. The van der Waals surface area contributed by atoms with Crippen LogP contribution in [0, 0.1) is 0 Å². The second-order valence-corrected chi connectivity index (χ2v) is 9.04. The van der Waals surface area contributed by atoms with Crippen LogP contribution in [-0.4, -0.2) is 56.6 Å². The van der Waals surface area contributed by atoms with Gasteiger partial charge in [0.25, 0.3) is 5.91 Å². The van der Waals surface area contributed by atoms with Crippen molar-refractivity contribution in [2.75, 3.05) is 18.2 Å². The number of nitrogens with zero attached hydrogens (tertiary/aromatic N) is 3. The molecule has 1 saturated heterocycles. The van der Waals surface area contributed by atoms with Gasteiger partial charge in [0.15, 0.2) is 0 Å². The van der Waals surface area contributed by atoms with Gasteiger partial charge in [-0.3, -0.25) is 4.79 Å². The fourth-order valence-corrected chi connectivity index (χ4v) is 5.08. The summed E-state index contributed by atoms with van der Waals surface area (Å²) in [7, 11) is 0. The molecule has 2 aromatic carbocycles. The molecule has 1 aliphatic rings.